The fourth-order valence-corrected chi connectivity index (χ4v) is 2.11. The molecule has 0 saturated carbocycles. The maximum atomic E-state index is 11.4. The second kappa shape index (κ2) is 7.94. The molecule has 0 unspecified atom stereocenters. The van der Waals surface area contributed by atoms with Gasteiger partial charge in [-0.05, 0) is 24.7 Å². The number of carbonyl (C=O) groups excluding carboxylic acids is 1. The first-order valence-electron chi connectivity index (χ1n) is 5.51. The summed E-state index contributed by atoms with van der Waals surface area (Å²) in [6.07, 6.45) is 0. The minimum absolute atomic E-state index is 0.0924. The van der Waals surface area contributed by atoms with Gasteiger partial charge >= 0.3 is 0 Å². The molecule has 0 aromatic heterocycles. The van der Waals surface area contributed by atoms with Gasteiger partial charge in [0.2, 0.25) is 5.91 Å². The van der Waals surface area contributed by atoms with Crippen LogP contribution >= 0.6 is 24.0 Å². The van der Waals surface area contributed by atoms with Crippen LogP contribution in [0.4, 0.5) is 0 Å². The molecule has 0 aliphatic rings. The number of aryl methyl sites for hydroxylation is 1. The Labute approximate surface area is 117 Å². The van der Waals surface area contributed by atoms with Gasteiger partial charge in [0.25, 0.3) is 0 Å². The third kappa shape index (κ3) is 5.88. The minimum atomic E-state index is -0.0924. The summed E-state index contributed by atoms with van der Waals surface area (Å²) in [6.45, 7) is 2.06. The Kier molecular flexibility index (Phi) is 6.53. The number of carbonyl (C=O) groups is 1. The molecule has 18 heavy (non-hydrogen) atoms. The molecule has 1 amide bonds. The minimum Gasteiger partial charge on any atom is -0.364 e. The van der Waals surface area contributed by atoms with Gasteiger partial charge in [-0.3, -0.25) is 15.6 Å². The number of nitrogens with one attached hydrogen (secondary N) is 3. The summed E-state index contributed by atoms with van der Waals surface area (Å²) < 4.78 is 0. The van der Waals surface area contributed by atoms with Crippen LogP contribution in [0.25, 0.3) is 0 Å². The van der Waals surface area contributed by atoms with Crippen molar-refractivity contribution in [3.63, 3.8) is 0 Å². The molecule has 6 heteroatoms. The van der Waals surface area contributed by atoms with E-state index in [-0.39, 0.29) is 5.91 Å². The smallest absolute Gasteiger partial charge is 0.248 e. The molecule has 1 aromatic carbocycles. The lowest BCUT2D eigenvalue weighted by Crippen LogP contribution is -2.46. The van der Waals surface area contributed by atoms with Crippen molar-refractivity contribution in [2.24, 2.45) is 0 Å². The molecule has 0 heterocycles. The molecule has 4 nitrogen and oxygen atoms in total. The first-order chi connectivity index (χ1) is 8.61. The average Bonchev–Trinajstić information content (AvgIpc) is 2.36. The van der Waals surface area contributed by atoms with Gasteiger partial charge in [0.05, 0.1) is 5.75 Å². The topological polar surface area (TPSA) is 53.2 Å². The van der Waals surface area contributed by atoms with Crippen molar-refractivity contribution in [1.82, 2.24) is 16.2 Å². The van der Waals surface area contributed by atoms with Gasteiger partial charge in [0.1, 0.15) is 0 Å². The Morgan fingerprint density at radius 1 is 1.39 bits per heavy atom. The van der Waals surface area contributed by atoms with E-state index >= 15 is 0 Å². The van der Waals surface area contributed by atoms with Crippen molar-refractivity contribution in [3.05, 3.63) is 35.4 Å². The van der Waals surface area contributed by atoms with Crippen LogP contribution in [0.5, 0.6) is 0 Å². The highest BCUT2D eigenvalue weighted by molar-refractivity contribution is 7.99. The second-order valence-corrected chi connectivity index (χ2v) is 5.13. The second-order valence-electron chi connectivity index (χ2n) is 3.73. The number of hydrogen-bond acceptors (Lipinski definition) is 3. The lowest BCUT2D eigenvalue weighted by molar-refractivity contribution is -0.119. The zero-order chi connectivity index (χ0) is 13.4. The number of amides is 1. The van der Waals surface area contributed by atoms with Crippen molar-refractivity contribution in [3.8, 4) is 0 Å². The van der Waals surface area contributed by atoms with Crippen LogP contribution in [0.1, 0.15) is 11.1 Å². The predicted molar refractivity (Wildman–Crippen MR) is 80.3 cm³/mol. The average molecular weight is 283 g/mol. The van der Waals surface area contributed by atoms with E-state index in [1.165, 1.54) is 11.1 Å². The molecule has 0 aliphatic carbocycles. The third-order valence-corrected chi connectivity index (χ3v) is 3.44. The monoisotopic (exact) mass is 283 g/mol. The molecule has 0 fully saturated rings. The third-order valence-electron chi connectivity index (χ3n) is 2.13. The lowest BCUT2D eigenvalue weighted by atomic mass is 10.2. The van der Waals surface area contributed by atoms with Crippen molar-refractivity contribution in [1.29, 1.82) is 0 Å². The predicted octanol–water partition coefficient (Wildman–Crippen LogP) is 1.35. The first kappa shape index (κ1) is 14.8. The molecule has 1 rings (SSSR count). The standard InChI is InChI=1S/C12H17N3OS2/c1-9-4-3-5-10(6-9)7-18-8-11(16)14-15-12(17)13-2/h3-6H,7-8H2,1-2H3,(H,14,16)(H2,13,15,17). The molecule has 3 N–H and O–H groups in total. The van der Waals surface area contributed by atoms with E-state index in [1.807, 2.05) is 6.07 Å². The Balaban J connectivity index is 2.21. The fourth-order valence-electron chi connectivity index (χ4n) is 1.29. The molecule has 0 radical (unpaired) electrons. The number of rotatable bonds is 4. The molecule has 0 saturated heterocycles. The maximum absolute atomic E-state index is 11.4. The lowest BCUT2D eigenvalue weighted by Gasteiger charge is -2.08. The van der Waals surface area contributed by atoms with Crippen molar-refractivity contribution < 1.29 is 4.79 Å². The van der Waals surface area contributed by atoms with Gasteiger partial charge in [0.15, 0.2) is 5.11 Å². The summed E-state index contributed by atoms with van der Waals surface area (Å²) in [5.74, 6) is 1.13. The summed E-state index contributed by atoms with van der Waals surface area (Å²) in [6, 6.07) is 8.27. The van der Waals surface area contributed by atoms with Gasteiger partial charge in [-0.2, -0.15) is 0 Å². The highest BCUT2D eigenvalue weighted by Gasteiger charge is 2.02. The highest BCUT2D eigenvalue weighted by Crippen LogP contribution is 2.12. The molecular weight excluding hydrogens is 266 g/mol. The Morgan fingerprint density at radius 2 is 2.17 bits per heavy atom. The Hall–Kier alpha value is -1.27. The van der Waals surface area contributed by atoms with Crippen molar-refractivity contribution in [2.75, 3.05) is 12.8 Å². The molecule has 0 spiro atoms. The largest absolute Gasteiger partial charge is 0.364 e. The number of hydrogen-bond donors (Lipinski definition) is 3. The Bertz CT molecular complexity index is 424. The summed E-state index contributed by atoms with van der Waals surface area (Å²) in [5, 5.41) is 3.10. The van der Waals surface area contributed by atoms with Crippen LogP contribution in [-0.2, 0) is 10.5 Å². The number of hydrazine groups is 1. The van der Waals surface area contributed by atoms with Crippen LogP contribution < -0.4 is 16.2 Å². The van der Waals surface area contributed by atoms with Crippen molar-refractivity contribution in [2.45, 2.75) is 12.7 Å². The Morgan fingerprint density at radius 3 is 2.83 bits per heavy atom. The molecule has 0 bridgehead atoms. The summed E-state index contributed by atoms with van der Waals surface area (Å²) in [5.41, 5.74) is 7.58. The molecule has 0 aliphatic heterocycles. The van der Waals surface area contributed by atoms with Gasteiger partial charge in [-0.25, -0.2) is 0 Å². The zero-order valence-corrected chi connectivity index (χ0v) is 12.1. The number of thioether (sulfide) groups is 1. The van der Waals surface area contributed by atoms with Crippen LogP contribution in [0.3, 0.4) is 0 Å². The van der Waals surface area contributed by atoms with E-state index in [4.69, 9.17) is 12.2 Å². The first-order valence-corrected chi connectivity index (χ1v) is 7.08. The van der Waals surface area contributed by atoms with Gasteiger partial charge in [0, 0.05) is 12.8 Å². The van der Waals surface area contributed by atoms with Crippen LogP contribution in [0, 0.1) is 6.92 Å². The quantitative estimate of drug-likeness (QED) is 0.575. The van der Waals surface area contributed by atoms with Gasteiger partial charge < -0.3 is 5.32 Å². The summed E-state index contributed by atoms with van der Waals surface area (Å²) in [7, 11) is 1.69. The zero-order valence-electron chi connectivity index (χ0n) is 10.4. The van der Waals surface area contributed by atoms with E-state index in [9.17, 15) is 4.79 Å². The molecule has 0 atom stereocenters. The van der Waals surface area contributed by atoms with Crippen molar-refractivity contribution >= 4 is 35.0 Å². The van der Waals surface area contributed by atoms with Gasteiger partial charge in [-0.1, -0.05) is 29.8 Å². The van der Waals surface area contributed by atoms with E-state index in [0.29, 0.717) is 10.9 Å². The van der Waals surface area contributed by atoms with Crippen LogP contribution in [0.15, 0.2) is 24.3 Å². The van der Waals surface area contributed by atoms with Crippen LogP contribution in [0.2, 0.25) is 0 Å². The summed E-state index contributed by atoms with van der Waals surface area (Å²) in [4.78, 5) is 11.4. The van der Waals surface area contributed by atoms with E-state index in [0.717, 1.165) is 5.75 Å². The maximum Gasteiger partial charge on any atom is 0.248 e. The fraction of sp³-hybridized carbons (Fsp3) is 0.333. The van der Waals surface area contributed by atoms with E-state index in [2.05, 4.69) is 41.3 Å². The molecular formula is C12H17N3OS2. The number of thiocarbonyl (C=S) groups is 1. The molecule has 98 valence electrons. The highest BCUT2D eigenvalue weighted by atomic mass is 32.2. The SMILES string of the molecule is CNC(=S)NNC(=O)CSCc1cccc(C)c1. The number of benzene rings is 1. The molecule has 1 aromatic rings. The van der Waals surface area contributed by atoms with Crippen LogP contribution in [-0.4, -0.2) is 23.8 Å². The summed E-state index contributed by atoms with van der Waals surface area (Å²) >= 11 is 6.40. The normalized spacial score (nSPS) is 9.67. The van der Waals surface area contributed by atoms with Gasteiger partial charge in [-0.15, -0.1) is 11.8 Å². The van der Waals surface area contributed by atoms with E-state index in [1.54, 1.807) is 18.8 Å². The van der Waals surface area contributed by atoms with E-state index < -0.39 is 0 Å².